The predicted octanol–water partition coefficient (Wildman–Crippen LogP) is 3.14. The maximum atomic E-state index is 11.0. The van der Waals surface area contributed by atoms with Crippen molar-refractivity contribution in [2.75, 3.05) is 13.1 Å². The highest BCUT2D eigenvalue weighted by atomic mass is 35.5. The van der Waals surface area contributed by atoms with Crippen molar-refractivity contribution < 1.29 is 9.52 Å². The number of para-hydroxylation sites is 1. The van der Waals surface area contributed by atoms with Crippen LogP contribution in [0.15, 0.2) is 28.7 Å². The number of fused-ring (bicyclic) bond motifs is 2. The molecule has 3 nitrogen and oxygen atoms in total. The standard InChI is InChI=1S/C15H16ClNO2/c16-11-4-1-3-10-9-13(19-14(10)11)15(18)6-8-17-7-2-5-12(15)17/h1,3-4,9,12,18H,2,5-8H2. The van der Waals surface area contributed by atoms with Crippen LogP contribution < -0.4 is 0 Å². The molecule has 2 aromatic rings. The molecule has 4 rings (SSSR count). The van der Waals surface area contributed by atoms with Crippen molar-refractivity contribution in [1.82, 2.24) is 4.90 Å². The first-order valence-electron chi connectivity index (χ1n) is 6.83. The third-order valence-corrected chi connectivity index (χ3v) is 4.92. The number of hydrogen-bond donors (Lipinski definition) is 1. The molecule has 0 bridgehead atoms. The van der Waals surface area contributed by atoms with Crippen molar-refractivity contribution in [3.63, 3.8) is 0 Å². The lowest BCUT2D eigenvalue weighted by Crippen LogP contribution is -2.38. The predicted molar refractivity (Wildman–Crippen MR) is 74.3 cm³/mol. The van der Waals surface area contributed by atoms with E-state index in [1.807, 2.05) is 24.3 Å². The first-order valence-corrected chi connectivity index (χ1v) is 7.21. The number of hydrogen-bond acceptors (Lipinski definition) is 3. The maximum Gasteiger partial charge on any atom is 0.153 e. The molecule has 1 N–H and O–H groups in total. The molecule has 2 aliphatic heterocycles. The van der Waals surface area contributed by atoms with Crippen LogP contribution in [-0.2, 0) is 5.60 Å². The van der Waals surface area contributed by atoms with Gasteiger partial charge < -0.3 is 9.52 Å². The van der Waals surface area contributed by atoms with E-state index in [9.17, 15) is 5.11 Å². The largest absolute Gasteiger partial charge is 0.456 e. The SMILES string of the molecule is OC1(c2cc3cccc(Cl)c3o2)CCN2CCCC21. The van der Waals surface area contributed by atoms with Gasteiger partial charge in [0.2, 0.25) is 0 Å². The van der Waals surface area contributed by atoms with E-state index >= 15 is 0 Å². The summed E-state index contributed by atoms with van der Waals surface area (Å²) >= 11 is 6.15. The molecule has 0 spiro atoms. The first-order chi connectivity index (χ1) is 9.18. The molecule has 2 fully saturated rings. The minimum atomic E-state index is -0.848. The average Bonchev–Trinajstić information content (AvgIpc) is 3.07. The second-order valence-corrected chi connectivity index (χ2v) is 6.04. The molecule has 100 valence electrons. The van der Waals surface area contributed by atoms with E-state index in [0.29, 0.717) is 16.4 Å². The molecular formula is C15H16ClNO2. The molecule has 2 unspecified atom stereocenters. The molecule has 1 aromatic heterocycles. The van der Waals surface area contributed by atoms with Crippen LogP contribution in [0.2, 0.25) is 5.02 Å². The van der Waals surface area contributed by atoms with Gasteiger partial charge in [0, 0.05) is 18.0 Å². The lowest BCUT2D eigenvalue weighted by atomic mass is 9.90. The number of benzene rings is 1. The summed E-state index contributed by atoms with van der Waals surface area (Å²) in [4.78, 5) is 2.37. The zero-order valence-corrected chi connectivity index (χ0v) is 11.4. The monoisotopic (exact) mass is 277 g/mol. The lowest BCUT2D eigenvalue weighted by molar-refractivity contribution is -0.00880. The summed E-state index contributed by atoms with van der Waals surface area (Å²) < 4.78 is 5.89. The van der Waals surface area contributed by atoms with Crippen LogP contribution in [0.5, 0.6) is 0 Å². The van der Waals surface area contributed by atoms with Gasteiger partial charge in [0.05, 0.1) is 5.02 Å². The molecule has 2 aliphatic rings. The smallest absolute Gasteiger partial charge is 0.153 e. The summed E-state index contributed by atoms with van der Waals surface area (Å²) in [7, 11) is 0. The number of halogens is 1. The van der Waals surface area contributed by atoms with Gasteiger partial charge in [-0.05, 0) is 37.9 Å². The lowest BCUT2D eigenvalue weighted by Gasteiger charge is -2.27. The van der Waals surface area contributed by atoms with Gasteiger partial charge in [-0.25, -0.2) is 0 Å². The van der Waals surface area contributed by atoms with Crippen molar-refractivity contribution >= 4 is 22.6 Å². The van der Waals surface area contributed by atoms with Crippen molar-refractivity contribution in [3.05, 3.63) is 35.0 Å². The molecule has 4 heteroatoms. The van der Waals surface area contributed by atoms with Crippen LogP contribution in [0.1, 0.15) is 25.0 Å². The Balaban J connectivity index is 1.83. The highest BCUT2D eigenvalue weighted by Crippen LogP contribution is 2.44. The molecule has 0 aliphatic carbocycles. The van der Waals surface area contributed by atoms with Crippen LogP contribution in [0.4, 0.5) is 0 Å². The summed E-state index contributed by atoms with van der Waals surface area (Å²) in [6, 6.07) is 7.84. The Labute approximate surface area is 116 Å². The Kier molecular flexibility index (Phi) is 2.47. The maximum absolute atomic E-state index is 11.0. The Bertz CT molecular complexity index is 638. The fourth-order valence-electron chi connectivity index (χ4n) is 3.64. The second kappa shape index (κ2) is 3.98. The van der Waals surface area contributed by atoms with Crippen LogP contribution in [-0.4, -0.2) is 29.1 Å². The van der Waals surface area contributed by atoms with Crippen molar-refractivity contribution in [2.24, 2.45) is 0 Å². The molecule has 1 aromatic carbocycles. The minimum absolute atomic E-state index is 0.201. The summed E-state index contributed by atoms with van der Waals surface area (Å²) in [6.07, 6.45) is 2.95. The van der Waals surface area contributed by atoms with Crippen LogP contribution in [0.3, 0.4) is 0 Å². The van der Waals surface area contributed by atoms with Gasteiger partial charge in [0.25, 0.3) is 0 Å². The minimum Gasteiger partial charge on any atom is -0.456 e. The first kappa shape index (κ1) is 11.8. The van der Waals surface area contributed by atoms with E-state index in [4.69, 9.17) is 16.0 Å². The van der Waals surface area contributed by atoms with Crippen LogP contribution in [0, 0.1) is 0 Å². The second-order valence-electron chi connectivity index (χ2n) is 5.64. The Morgan fingerprint density at radius 1 is 1.37 bits per heavy atom. The van der Waals surface area contributed by atoms with E-state index in [1.165, 1.54) is 0 Å². The zero-order chi connectivity index (χ0) is 13.0. The summed E-state index contributed by atoms with van der Waals surface area (Å²) in [5.41, 5.74) is -0.164. The normalized spacial score (nSPS) is 31.2. The van der Waals surface area contributed by atoms with Gasteiger partial charge in [0.15, 0.2) is 5.58 Å². The molecule has 0 amide bonds. The third-order valence-electron chi connectivity index (χ3n) is 4.62. The van der Waals surface area contributed by atoms with Gasteiger partial charge >= 0.3 is 0 Å². The summed E-state index contributed by atoms with van der Waals surface area (Å²) in [5, 5.41) is 12.6. The molecule has 2 atom stereocenters. The Morgan fingerprint density at radius 2 is 2.26 bits per heavy atom. The van der Waals surface area contributed by atoms with Crippen LogP contribution in [0.25, 0.3) is 11.0 Å². The Morgan fingerprint density at radius 3 is 3.11 bits per heavy atom. The molecular weight excluding hydrogens is 262 g/mol. The highest BCUT2D eigenvalue weighted by molar-refractivity contribution is 6.34. The fraction of sp³-hybridized carbons (Fsp3) is 0.467. The molecule has 0 saturated carbocycles. The molecule has 3 heterocycles. The van der Waals surface area contributed by atoms with Gasteiger partial charge in [-0.3, -0.25) is 4.90 Å². The topological polar surface area (TPSA) is 36.6 Å². The number of furan rings is 1. The third kappa shape index (κ3) is 1.59. The van der Waals surface area contributed by atoms with E-state index < -0.39 is 5.60 Å². The average molecular weight is 278 g/mol. The van der Waals surface area contributed by atoms with E-state index in [0.717, 1.165) is 37.7 Å². The van der Waals surface area contributed by atoms with Crippen LogP contribution >= 0.6 is 11.6 Å². The van der Waals surface area contributed by atoms with Gasteiger partial charge in [-0.1, -0.05) is 23.7 Å². The fourth-order valence-corrected chi connectivity index (χ4v) is 3.86. The number of aliphatic hydroxyl groups is 1. The summed E-state index contributed by atoms with van der Waals surface area (Å²) in [6.45, 7) is 2.04. The molecule has 19 heavy (non-hydrogen) atoms. The van der Waals surface area contributed by atoms with Crippen molar-refractivity contribution in [1.29, 1.82) is 0 Å². The number of nitrogens with zero attached hydrogens (tertiary/aromatic N) is 1. The highest BCUT2D eigenvalue weighted by Gasteiger charge is 2.51. The summed E-state index contributed by atoms with van der Waals surface area (Å²) in [5.74, 6) is 0.671. The number of rotatable bonds is 1. The Hall–Kier alpha value is -1.03. The molecule has 0 radical (unpaired) electrons. The van der Waals surface area contributed by atoms with E-state index in [1.54, 1.807) is 0 Å². The van der Waals surface area contributed by atoms with E-state index in [2.05, 4.69) is 4.90 Å². The van der Waals surface area contributed by atoms with Crippen molar-refractivity contribution in [3.8, 4) is 0 Å². The zero-order valence-electron chi connectivity index (χ0n) is 10.6. The molecule has 2 saturated heterocycles. The van der Waals surface area contributed by atoms with Gasteiger partial charge in [-0.2, -0.15) is 0 Å². The van der Waals surface area contributed by atoms with Gasteiger partial charge in [-0.15, -0.1) is 0 Å². The van der Waals surface area contributed by atoms with Gasteiger partial charge in [0.1, 0.15) is 11.4 Å². The van der Waals surface area contributed by atoms with E-state index in [-0.39, 0.29) is 6.04 Å². The van der Waals surface area contributed by atoms with Crippen molar-refractivity contribution in [2.45, 2.75) is 30.9 Å². The quantitative estimate of drug-likeness (QED) is 0.870.